The van der Waals surface area contributed by atoms with E-state index < -0.39 is 12.0 Å². The molecule has 1 aromatic rings. The Kier molecular flexibility index (Phi) is 6.14. The number of amides is 1. The minimum absolute atomic E-state index is 0.0738. The van der Waals surface area contributed by atoms with Crippen molar-refractivity contribution in [3.05, 3.63) is 29.8 Å². The van der Waals surface area contributed by atoms with Crippen LogP contribution in [0, 0.1) is 0 Å². The van der Waals surface area contributed by atoms with Crippen LogP contribution in [-0.2, 0) is 14.3 Å². The first-order valence-corrected chi connectivity index (χ1v) is 6.31. The lowest BCUT2D eigenvalue weighted by molar-refractivity contribution is -0.137. The summed E-state index contributed by atoms with van der Waals surface area (Å²) in [6.07, 6.45) is 0.0738. The molecule has 2 atom stereocenters. The van der Waals surface area contributed by atoms with Gasteiger partial charge < -0.3 is 20.9 Å². The zero-order valence-corrected chi connectivity index (χ0v) is 11.6. The van der Waals surface area contributed by atoms with Gasteiger partial charge in [0.25, 0.3) is 0 Å². The number of nitrogens with two attached hydrogens (primary N) is 1. The molecule has 1 rings (SSSR count). The number of hydrogen-bond acceptors (Lipinski definition) is 4. The highest BCUT2D eigenvalue weighted by Crippen LogP contribution is 2.20. The van der Waals surface area contributed by atoms with Gasteiger partial charge in [-0.3, -0.25) is 9.59 Å². The summed E-state index contributed by atoms with van der Waals surface area (Å²) in [5.74, 6) is -1.23. The van der Waals surface area contributed by atoms with Crippen LogP contribution in [0.25, 0.3) is 0 Å². The van der Waals surface area contributed by atoms with Crippen molar-refractivity contribution < 1.29 is 19.4 Å². The van der Waals surface area contributed by atoms with Gasteiger partial charge in [0.05, 0.1) is 13.0 Å². The number of hydrogen-bond donors (Lipinski definition) is 3. The first-order valence-electron chi connectivity index (χ1n) is 6.31. The van der Waals surface area contributed by atoms with E-state index in [4.69, 9.17) is 15.6 Å². The smallest absolute Gasteiger partial charge is 0.303 e. The lowest BCUT2D eigenvalue weighted by atomic mass is 9.98. The molecule has 110 valence electrons. The Morgan fingerprint density at radius 2 is 1.95 bits per heavy atom. The number of anilines is 1. The quantitative estimate of drug-likeness (QED) is 0.696. The van der Waals surface area contributed by atoms with Crippen molar-refractivity contribution >= 4 is 17.6 Å². The van der Waals surface area contributed by atoms with Crippen LogP contribution in [0.15, 0.2) is 24.3 Å². The molecule has 0 bridgehead atoms. The Labute approximate surface area is 117 Å². The average Bonchev–Trinajstić information content (AvgIpc) is 2.39. The van der Waals surface area contributed by atoms with Gasteiger partial charge in [-0.25, -0.2) is 0 Å². The van der Waals surface area contributed by atoms with Crippen LogP contribution < -0.4 is 11.1 Å². The van der Waals surface area contributed by atoms with Crippen LogP contribution in [-0.4, -0.2) is 36.7 Å². The lowest BCUT2D eigenvalue weighted by Crippen LogP contribution is -2.39. The highest BCUT2D eigenvalue weighted by atomic mass is 16.5. The maximum Gasteiger partial charge on any atom is 0.303 e. The van der Waals surface area contributed by atoms with Crippen molar-refractivity contribution in [2.75, 3.05) is 19.0 Å². The van der Waals surface area contributed by atoms with Gasteiger partial charge in [0.1, 0.15) is 6.04 Å². The van der Waals surface area contributed by atoms with Crippen molar-refractivity contribution in [2.24, 2.45) is 5.73 Å². The molecule has 1 amide bonds. The van der Waals surface area contributed by atoms with Crippen LogP contribution >= 0.6 is 0 Å². The van der Waals surface area contributed by atoms with Crippen molar-refractivity contribution in [3.63, 3.8) is 0 Å². The van der Waals surface area contributed by atoms with Gasteiger partial charge in [0.2, 0.25) is 5.91 Å². The van der Waals surface area contributed by atoms with E-state index in [9.17, 15) is 9.59 Å². The number of carbonyl (C=O) groups is 2. The SMILES string of the molecule is COCC(N)C(=O)Nc1ccc(C(C)CC(=O)O)cc1. The van der Waals surface area contributed by atoms with E-state index in [1.54, 1.807) is 24.3 Å². The van der Waals surface area contributed by atoms with Gasteiger partial charge in [-0.1, -0.05) is 19.1 Å². The average molecular weight is 280 g/mol. The molecular weight excluding hydrogens is 260 g/mol. The number of nitrogens with one attached hydrogen (secondary N) is 1. The molecule has 20 heavy (non-hydrogen) atoms. The van der Waals surface area contributed by atoms with E-state index in [1.165, 1.54) is 7.11 Å². The maximum absolute atomic E-state index is 11.7. The molecule has 0 aromatic heterocycles. The van der Waals surface area contributed by atoms with Crippen LogP contribution in [0.2, 0.25) is 0 Å². The van der Waals surface area contributed by atoms with E-state index in [-0.39, 0.29) is 24.9 Å². The summed E-state index contributed by atoms with van der Waals surface area (Å²) >= 11 is 0. The standard InChI is InChI=1S/C14H20N2O4/c1-9(7-13(17)18)10-3-5-11(6-4-10)16-14(19)12(15)8-20-2/h3-6,9,12H,7-8,15H2,1-2H3,(H,16,19)(H,17,18). The number of aliphatic carboxylic acids is 1. The minimum Gasteiger partial charge on any atom is -0.481 e. The summed E-state index contributed by atoms with van der Waals surface area (Å²) in [7, 11) is 1.48. The van der Waals surface area contributed by atoms with Gasteiger partial charge >= 0.3 is 5.97 Å². The molecule has 0 saturated heterocycles. The summed E-state index contributed by atoms with van der Waals surface area (Å²) in [6.45, 7) is 2.00. The fourth-order valence-electron chi connectivity index (χ4n) is 1.76. The summed E-state index contributed by atoms with van der Waals surface area (Å²) < 4.78 is 4.81. The first kappa shape index (κ1) is 16.1. The third-order valence-electron chi connectivity index (χ3n) is 2.91. The number of rotatable bonds is 7. The lowest BCUT2D eigenvalue weighted by Gasteiger charge is -2.13. The molecule has 0 aliphatic heterocycles. The van der Waals surface area contributed by atoms with Crippen molar-refractivity contribution in [1.82, 2.24) is 0 Å². The fraction of sp³-hybridized carbons (Fsp3) is 0.429. The molecule has 0 heterocycles. The Morgan fingerprint density at radius 3 is 2.45 bits per heavy atom. The first-order chi connectivity index (χ1) is 9.43. The summed E-state index contributed by atoms with van der Waals surface area (Å²) in [5, 5.41) is 11.4. The van der Waals surface area contributed by atoms with E-state index in [2.05, 4.69) is 5.32 Å². The van der Waals surface area contributed by atoms with Gasteiger partial charge in [0, 0.05) is 12.8 Å². The van der Waals surface area contributed by atoms with Gasteiger partial charge in [-0.2, -0.15) is 0 Å². The Morgan fingerprint density at radius 1 is 1.35 bits per heavy atom. The predicted molar refractivity (Wildman–Crippen MR) is 75.6 cm³/mol. The molecule has 4 N–H and O–H groups in total. The number of ether oxygens (including phenoxy) is 1. The number of carbonyl (C=O) groups excluding carboxylic acids is 1. The summed E-state index contributed by atoms with van der Waals surface area (Å²) in [4.78, 5) is 22.3. The normalized spacial score (nSPS) is 13.6. The third-order valence-corrected chi connectivity index (χ3v) is 2.91. The molecule has 0 spiro atoms. The zero-order chi connectivity index (χ0) is 15.1. The van der Waals surface area contributed by atoms with Crippen LogP contribution in [0.1, 0.15) is 24.8 Å². The number of carboxylic acids is 1. The molecule has 6 heteroatoms. The molecule has 0 aliphatic carbocycles. The van der Waals surface area contributed by atoms with Crippen LogP contribution in [0.3, 0.4) is 0 Å². The molecule has 2 unspecified atom stereocenters. The molecule has 6 nitrogen and oxygen atoms in total. The van der Waals surface area contributed by atoms with Gasteiger partial charge in [0.15, 0.2) is 0 Å². The minimum atomic E-state index is -0.833. The number of methoxy groups -OCH3 is 1. The van der Waals surface area contributed by atoms with Gasteiger partial charge in [-0.05, 0) is 23.6 Å². The third kappa shape index (κ3) is 4.99. The van der Waals surface area contributed by atoms with E-state index in [0.717, 1.165) is 5.56 Å². The second-order valence-corrected chi connectivity index (χ2v) is 4.67. The second-order valence-electron chi connectivity index (χ2n) is 4.67. The summed E-state index contributed by atoms with van der Waals surface area (Å²) in [5.41, 5.74) is 7.13. The molecule has 0 fully saturated rings. The zero-order valence-electron chi connectivity index (χ0n) is 11.6. The van der Waals surface area contributed by atoms with Crippen LogP contribution in [0.5, 0.6) is 0 Å². The molecule has 1 aromatic carbocycles. The highest BCUT2D eigenvalue weighted by molar-refractivity contribution is 5.94. The monoisotopic (exact) mass is 280 g/mol. The van der Waals surface area contributed by atoms with Crippen molar-refractivity contribution in [1.29, 1.82) is 0 Å². The molecular formula is C14H20N2O4. The fourth-order valence-corrected chi connectivity index (χ4v) is 1.76. The largest absolute Gasteiger partial charge is 0.481 e. The topological polar surface area (TPSA) is 102 Å². The van der Waals surface area contributed by atoms with Crippen molar-refractivity contribution in [2.45, 2.75) is 25.3 Å². The Balaban J connectivity index is 2.62. The van der Waals surface area contributed by atoms with Gasteiger partial charge in [-0.15, -0.1) is 0 Å². The molecule has 0 radical (unpaired) electrons. The highest BCUT2D eigenvalue weighted by Gasteiger charge is 2.14. The van der Waals surface area contributed by atoms with E-state index in [1.807, 2.05) is 6.92 Å². The van der Waals surface area contributed by atoms with E-state index >= 15 is 0 Å². The maximum atomic E-state index is 11.7. The van der Waals surface area contributed by atoms with Crippen LogP contribution in [0.4, 0.5) is 5.69 Å². The molecule has 0 aliphatic rings. The Hall–Kier alpha value is -1.92. The van der Waals surface area contributed by atoms with Crippen molar-refractivity contribution in [3.8, 4) is 0 Å². The molecule has 0 saturated carbocycles. The summed E-state index contributed by atoms with van der Waals surface area (Å²) in [6, 6.07) is 6.33. The predicted octanol–water partition coefficient (Wildman–Crippen LogP) is 1.18. The van der Waals surface area contributed by atoms with E-state index in [0.29, 0.717) is 5.69 Å². The Bertz CT molecular complexity index is 459. The second kappa shape index (κ2) is 7.62. The number of carboxylic acid groups (broad SMARTS) is 1. The number of benzene rings is 1.